The summed E-state index contributed by atoms with van der Waals surface area (Å²) in [6, 6.07) is 0. The van der Waals surface area contributed by atoms with Crippen molar-refractivity contribution in [2.75, 3.05) is 45.9 Å². The SMILES string of the molecule is Cc1sc2nc(CSC(C)C(=O)N3CCC(CCN4CCOCC4)CC3)[nH]c(=O)c2c1C. The van der Waals surface area contributed by atoms with Gasteiger partial charge in [0.15, 0.2) is 0 Å². The highest BCUT2D eigenvalue weighted by atomic mass is 32.2. The van der Waals surface area contributed by atoms with E-state index >= 15 is 0 Å². The zero-order chi connectivity index (χ0) is 22.7. The molecule has 2 saturated heterocycles. The van der Waals surface area contributed by atoms with Gasteiger partial charge in [-0.15, -0.1) is 23.1 Å². The number of aromatic nitrogens is 2. The number of carbonyl (C=O) groups excluding carboxylic acids is 1. The van der Waals surface area contributed by atoms with Gasteiger partial charge in [-0.2, -0.15) is 0 Å². The standard InChI is InChI=1S/C23H34N4O3S2/c1-15-16(2)32-22-20(15)21(28)24-19(25-22)14-31-17(3)23(29)27-8-5-18(6-9-27)4-7-26-10-12-30-13-11-26/h17-18H,4-14H2,1-3H3,(H,24,25,28). The van der Waals surface area contributed by atoms with Crippen LogP contribution in [0.3, 0.4) is 0 Å². The van der Waals surface area contributed by atoms with Crippen LogP contribution in [0.1, 0.15) is 42.5 Å². The molecule has 0 radical (unpaired) electrons. The number of hydrogen-bond acceptors (Lipinski definition) is 7. The van der Waals surface area contributed by atoms with Crippen molar-refractivity contribution < 1.29 is 9.53 Å². The molecular weight excluding hydrogens is 444 g/mol. The van der Waals surface area contributed by atoms with Gasteiger partial charge in [0.25, 0.3) is 5.56 Å². The molecule has 2 aromatic heterocycles. The second kappa shape index (κ2) is 10.7. The van der Waals surface area contributed by atoms with Gasteiger partial charge < -0.3 is 14.6 Å². The maximum absolute atomic E-state index is 13.0. The van der Waals surface area contributed by atoms with Crippen molar-refractivity contribution in [2.45, 2.75) is 51.0 Å². The van der Waals surface area contributed by atoms with E-state index in [-0.39, 0.29) is 16.7 Å². The largest absolute Gasteiger partial charge is 0.379 e. The van der Waals surface area contributed by atoms with E-state index < -0.39 is 0 Å². The number of thiophene rings is 1. The van der Waals surface area contributed by atoms with Crippen LogP contribution in [0, 0.1) is 19.8 Å². The van der Waals surface area contributed by atoms with Gasteiger partial charge in [0.1, 0.15) is 10.7 Å². The van der Waals surface area contributed by atoms with Gasteiger partial charge in [-0.25, -0.2) is 4.98 Å². The average Bonchev–Trinajstić information content (AvgIpc) is 3.10. The molecule has 0 aliphatic carbocycles. The minimum atomic E-state index is -0.146. The Morgan fingerprint density at radius 2 is 1.97 bits per heavy atom. The van der Waals surface area contributed by atoms with Crippen LogP contribution in [0.15, 0.2) is 4.79 Å². The van der Waals surface area contributed by atoms with E-state index in [9.17, 15) is 9.59 Å². The van der Waals surface area contributed by atoms with Gasteiger partial charge in [0.2, 0.25) is 5.91 Å². The lowest BCUT2D eigenvalue weighted by Crippen LogP contribution is -2.43. The van der Waals surface area contributed by atoms with Gasteiger partial charge in [-0.1, -0.05) is 0 Å². The molecular formula is C23H34N4O3S2. The first-order chi connectivity index (χ1) is 15.4. The van der Waals surface area contributed by atoms with E-state index in [1.54, 1.807) is 23.1 Å². The molecule has 2 aliphatic rings. The van der Waals surface area contributed by atoms with Crippen molar-refractivity contribution in [3.05, 3.63) is 26.6 Å². The minimum Gasteiger partial charge on any atom is -0.379 e. The second-order valence-corrected chi connectivity index (χ2v) is 11.5. The normalized spacial score (nSPS) is 19.5. The lowest BCUT2D eigenvalue weighted by molar-refractivity contribution is -0.131. The first kappa shape index (κ1) is 23.7. The highest BCUT2D eigenvalue weighted by molar-refractivity contribution is 7.99. The number of aryl methyl sites for hydroxylation is 2. The number of hydrogen-bond donors (Lipinski definition) is 1. The molecule has 2 aromatic rings. The average molecular weight is 479 g/mol. The fraction of sp³-hybridized carbons (Fsp3) is 0.696. The summed E-state index contributed by atoms with van der Waals surface area (Å²) in [7, 11) is 0. The lowest BCUT2D eigenvalue weighted by Gasteiger charge is -2.35. The van der Waals surface area contributed by atoms with Crippen LogP contribution < -0.4 is 5.56 Å². The van der Waals surface area contributed by atoms with Crippen LogP contribution in [-0.2, 0) is 15.3 Å². The summed E-state index contributed by atoms with van der Waals surface area (Å²) in [5.41, 5.74) is 0.931. The molecule has 1 N–H and O–H groups in total. The first-order valence-corrected chi connectivity index (χ1v) is 13.5. The van der Waals surface area contributed by atoms with Crippen molar-refractivity contribution in [2.24, 2.45) is 5.92 Å². The van der Waals surface area contributed by atoms with Gasteiger partial charge >= 0.3 is 0 Å². The number of rotatable bonds is 7. The Kier molecular flexibility index (Phi) is 7.91. The van der Waals surface area contributed by atoms with Crippen LogP contribution in [0.4, 0.5) is 0 Å². The topological polar surface area (TPSA) is 78.5 Å². The summed E-state index contributed by atoms with van der Waals surface area (Å²) >= 11 is 3.11. The minimum absolute atomic E-state index is 0.0782. The molecule has 4 heterocycles. The molecule has 4 rings (SSSR count). The molecule has 0 saturated carbocycles. The number of thioether (sulfide) groups is 1. The highest BCUT2D eigenvalue weighted by Crippen LogP contribution is 2.27. The number of likely N-dealkylation sites (tertiary alicyclic amines) is 1. The molecule has 0 spiro atoms. The first-order valence-electron chi connectivity index (χ1n) is 11.6. The number of H-pyrrole nitrogens is 1. The molecule has 2 fully saturated rings. The summed E-state index contributed by atoms with van der Waals surface area (Å²) in [4.78, 5) is 39.4. The van der Waals surface area contributed by atoms with E-state index in [2.05, 4.69) is 14.9 Å². The Morgan fingerprint density at radius 1 is 1.25 bits per heavy atom. The van der Waals surface area contributed by atoms with Gasteiger partial charge in [-0.3, -0.25) is 14.5 Å². The highest BCUT2D eigenvalue weighted by Gasteiger charge is 2.27. The van der Waals surface area contributed by atoms with Crippen LogP contribution in [-0.4, -0.2) is 76.9 Å². The number of fused-ring (bicyclic) bond motifs is 1. The van der Waals surface area contributed by atoms with Gasteiger partial charge in [0, 0.05) is 31.1 Å². The molecule has 9 heteroatoms. The zero-order valence-electron chi connectivity index (χ0n) is 19.3. The Bertz CT molecular complexity index is 991. The predicted octanol–water partition coefficient (Wildman–Crippen LogP) is 3.18. The number of piperidine rings is 1. The number of carbonyl (C=O) groups is 1. The second-order valence-electron chi connectivity index (χ2n) is 8.94. The van der Waals surface area contributed by atoms with Gasteiger partial charge in [0.05, 0.1) is 29.6 Å². The third-order valence-corrected chi connectivity index (χ3v) is 9.03. The summed E-state index contributed by atoms with van der Waals surface area (Å²) < 4.78 is 5.42. The van der Waals surface area contributed by atoms with E-state index in [0.717, 1.165) is 74.1 Å². The smallest absolute Gasteiger partial charge is 0.259 e. The van der Waals surface area contributed by atoms with E-state index in [0.29, 0.717) is 22.9 Å². The number of morpholine rings is 1. The van der Waals surface area contributed by atoms with Crippen LogP contribution in [0.2, 0.25) is 0 Å². The number of aromatic amines is 1. The predicted molar refractivity (Wildman–Crippen MR) is 132 cm³/mol. The molecule has 1 unspecified atom stereocenters. The third-order valence-electron chi connectivity index (χ3n) is 6.79. The maximum atomic E-state index is 13.0. The number of nitrogens with one attached hydrogen (secondary N) is 1. The van der Waals surface area contributed by atoms with E-state index in [1.165, 1.54) is 6.42 Å². The molecule has 0 bridgehead atoms. The quantitative estimate of drug-likeness (QED) is 0.659. The zero-order valence-corrected chi connectivity index (χ0v) is 20.9. The number of ether oxygens (including phenoxy) is 1. The number of nitrogens with zero attached hydrogens (tertiary/aromatic N) is 3. The van der Waals surface area contributed by atoms with Crippen molar-refractivity contribution in [3.63, 3.8) is 0 Å². The van der Waals surface area contributed by atoms with Crippen LogP contribution >= 0.6 is 23.1 Å². The third kappa shape index (κ3) is 5.55. The maximum Gasteiger partial charge on any atom is 0.259 e. The van der Waals surface area contributed by atoms with Crippen molar-refractivity contribution in [1.29, 1.82) is 0 Å². The van der Waals surface area contributed by atoms with Crippen LogP contribution in [0.5, 0.6) is 0 Å². The molecule has 1 atom stereocenters. The Hall–Kier alpha value is -1.42. The van der Waals surface area contributed by atoms with Crippen molar-refractivity contribution >= 4 is 39.2 Å². The van der Waals surface area contributed by atoms with E-state index in [4.69, 9.17) is 4.74 Å². The molecule has 176 valence electrons. The molecule has 0 aromatic carbocycles. The molecule has 1 amide bonds. The molecule has 2 aliphatic heterocycles. The van der Waals surface area contributed by atoms with E-state index in [1.807, 2.05) is 25.7 Å². The monoisotopic (exact) mass is 478 g/mol. The Morgan fingerprint density at radius 3 is 2.69 bits per heavy atom. The molecule has 32 heavy (non-hydrogen) atoms. The fourth-order valence-electron chi connectivity index (χ4n) is 4.53. The van der Waals surface area contributed by atoms with Crippen molar-refractivity contribution in [3.8, 4) is 0 Å². The Labute approximate surface area is 197 Å². The Balaban J connectivity index is 1.24. The summed E-state index contributed by atoms with van der Waals surface area (Å²) in [6.45, 7) is 12.6. The lowest BCUT2D eigenvalue weighted by atomic mass is 9.93. The summed E-state index contributed by atoms with van der Waals surface area (Å²) in [5, 5.41) is 0.551. The van der Waals surface area contributed by atoms with Crippen molar-refractivity contribution in [1.82, 2.24) is 19.8 Å². The fourth-order valence-corrected chi connectivity index (χ4v) is 6.42. The number of amides is 1. The summed E-state index contributed by atoms with van der Waals surface area (Å²) in [5.74, 6) is 2.09. The summed E-state index contributed by atoms with van der Waals surface area (Å²) in [6.07, 6.45) is 3.40. The molecule has 7 nitrogen and oxygen atoms in total. The van der Waals surface area contributed by atoms with Crippen LogP contribution in [0.25, 0.3) is 10.2 Å². The van der Waals surface area contributed by atoms with Gasteiger partial charge in [-0.05, 0) is 58.1 Å².